The van der Waals surface area contributed by atoms with E-state index in [0.717, 1.165) is 22.3 Å². The minimum atomic E-state index is -0.959. The molecule has 9 N–H and O–H groups in total. The number of thioether (sulfide) groups is 1. The highest BCUT2D eigenvalue weighted by Crippen LogP contribution is 2.22. The van der Waals surface area contributed by atoms with E-state index in [2.05, 4.69) is 15.4 Å². The number of nitrogens with zero attached hydrogens (tertiary/aromatic N) is 1. The number of carbonyl (C=O) groups excluding carboxylic acids is 5. The maximum absolute atomic E-state index is 13.6. The number of carbonyl (C=O) groups is 5. The zero-order chi connectivity index (χ0) is 34.9. The van der Waals surface area contributed by atoms with Crippen molar-refractivity contribution in [1.29, 1.82) is 0 Å². The number of ether oxygens (including phenoxy) is 1. The molecule has 0 aliphatic carbocycles. The molecule has 3 atom stereocenters. The average Bonchev–Trinajstić information content (AvgIpc) is 3.04. The van der Waals surface area contributed by atoms with Crippen molar-refractivity contribution in [3.05, 3.63) is 64.7 Å². The summed E-state index contributed by atoms with van der Waals surface area (Å²) in [4.78, 5) is 65.4. The summed E-state index contributed by atoms with van der Waals surface area (Å²) in [5.74, 6) is -1.89. The van der Waals surface area contributed by atoms with Crippen molar-refractivity contribution < 1.29 is 39.3 Å². The van der Waals surface area contributed by atoms with Crippen molar-refractivity contribution in [2.45, 2.75) is 76.9 Å². The highest BCUT2D eigenvalue weighted by Gasteiger charge is 2.30. The van der Waals surface area contributed by atoms with Crippen LogP contribution in [0.4, 0.5) is 0 Å². The van der Waals surface area contributed by atoms with Gasteiger partial charge in [0.15, 0.2) is 0 Å². The smallest absolute Gasteiger partial charge is 0.305 e. The second kappa shape index (κ2) is 23.5. The van der Waals surface area contributed by atoms with Gasteiger partial charge in [0, 0.05) is 19.4 Å². The lowest BCUT2D eigenvalue weighted by atomic mass is 9.96. The zero-order valence-electron chi connectivity index (χ0n) is 28.7. The monoisotopic (exact) mass is 725 g/mol. The van der Waals surface area contributed by atoms with Crippen LogP contribution in [0.2, 0.25) is 0 Å². The molecular weight excluding hydrogens is 674 g/mol. The first-order valence-electron chi connectivity index (χ1n) is 15.7. The first-order valence-corrected chi connectivity index (χ1v) is 17.1. The first kappa shape index (κ1) is 45.2. The summed E-state index contributed by atoms with van der Waals surface area (Å²) in [7, 11) is 1.32. The molecule has 15 heteroatoms. The van der Waals surface area contributed by atoms with Crippen LogP contribution in [0.15, 0.2) is 42.5 Å². The van der Waals surface area contributed by atoms with Gasteiger partial charge in [0.05, 0.1) is 19.7 Å². The number of methoxy groups -OCH3 is 1. The molecule has 0 aromatic heterocycles. The number of phenols is 1. The summed E-state index contributed by atoms with van der Waals surface area (Å²) in [6.45, 7) is 3.43. The summed E-state index contributed by atoms with van der Waals surface area (Å²) in [6.07, 6.45) is 4.49. The minimum absolute atomic E-state index is 0. The number of benzene rings is 2. The molecule has 0 saturated heterocycles. The molecule has 49 heavy (non-hydrogen) atoms. The molecule has 2 aromatic rings. The molecule has 0 bridgehead atoms. The lowest BCUT2D eigenvalue weighted by Gasteiger charge is -2.30. The van der Waals surface area contributed by atoms with Gasteiger partial charge in [-0.1, -0.05) is 36.8 Å². The van der Waals surface area contributed by atoms with E-state index in [9.17, 15) is 29.1 Å². The Morgan fingerprint density at radius 3 is 2.18 bits per heavy atom. The van der Waals surface area contributed by atoms with Gasteiger partial charge in [-0.05, 0) is 85.9 Å². The Bertz CT molecular complexity index is 1340. The molecule has 274 valence electrons. The molecule has 0 unspecified atom stereocenters. The Morgan fingerprint density at radius 2 is 1.61 bits per heavy atom. The van der Waals surface area contributed by atoms with Gasteiger partial charge in [-0.25, -0.2) is 0 Å². The van der Waals surface area contributed by atoms with Crippen LogP contribution >= 0.6 is 24.2 Å². The molecule has 2 rings (SSSR count). The molecule has 0 saturated carbocycles. The van der Waals surface area contributed by atoms with E-state index in [1.807, 2.05) is 50.4 Å². The van der Waals surface area contributed by atoms with Gasteiger partial charge >= 0.3 is 5.97 Å². The second-order valence-electron chi connectivity index (χ2n) is 11.5. The molecule has 4 amide bonds. The van der Waals surface area contributed by atoms with Gasteiger partial charge < -0.3 is 42.3 Å². The Labute approximate surface area is 299 Å². The highest BCUT2D eigenvalue weighted by molar-refractivity contribution is 7.98. The molecule has 13 nitrogen and oxygen atoms in total. The van der Waals surface area contributed by atoms with E-state index in [1.165, 1.54) is 23.8 Å². The number of nitrogens with two attached hydrogens (primary N) is 2. The average molecular weight is 726 g/mol. The van der Waals surface area contributed by atoms with Crippen LogP contribution in [0.1, 0.15) is 54.4 Å². The van der Waals surface area contributed by atoms with Crippen molar-refractivity contribution >= 4 is 53.8 Å². The third-order valence-corrected chi connectivity index (χ3v) is 8.55. The SMILES string of the molecule is COC(=O)CCCCCN(C(=O)CNC(=O)[C@@H](CCSC)NC(=O)[C@H](N)Cc1c(C)cc(O)cc1C)[C@@H](Cc1ccccc1)C(N)=O.Cl.O. The Morgan fingerprint density at radius 1 is 0.980 bits per heavy atom. The van der Waals surface area contributed by atoms with Crippen LogP contribution in [-0.4, -0.2) is 95.4 Å². The van der Waals surface area contributed by atoms with E-state index in [0.29, 0.717) is 31.4 Å². The van der Waals surface area contributed by atoms with E-state index in [1.54, 1.807) is 12.1 Å². The van der Waals surface area contributed by atoms with Crippen LogP contribution in [0.25, 0.3) is 0 Å². The van der Waals surface area contributed by atoms with Gasteiger partial charge in [-0.2, -0.15) is 11.8 Å². The number of amides is 4. The Kier molecular flexibility index (Phi) is 21.6. The lowest BCUT2D eigenvalue weighted by Crippen LogP contribution is -2.55. The number of aryl methyl sites for hydroxylation is 2. The minimum Gasteiger partial charge on any atom is -0.508 e. The molecule has 0 spiro atoms. The summed E-state index contributed by atoms with van der Waals surface area (Å²) in [6, 6.07) is 9.53. The van der Waals surface area contributed by atoms with Gasteiger partial charge in [0.25, 0.3) is 0 Å². The van der Waals surface area contributed by atoms with Crippen molar-refractivity contribution in [1.82, 2.24) is 15.5 Å². The third-order valence-electron chi connectivity index (χ3n) is 7.90. The predicted molar refractivity (Wildman–Crippen MR) is 193 cm³/mol. The molecule has 0 radical (unpaired) electrons. The van der Waals surface area contributed by atoms with Crippen LogP contribution < -0.4 is 22.1 Å². The third kappa shape index (κ3) is 15.5. The van der Waals surface area contributed by atoms with Crippen LogP contribution in [0.3, 0.4) is 0 Å². The van der Waals surface area contributed by atoms with Gasteiger partial charge in [0.1, 0.15) is 17.8 Å². The molecule has 0 aliphatic heterocycles. The molecule has 0 heterocycles. The number of hydrogen-bond donors (Lipinski definition) is 5. The Hall–Kier alpha value is -3.85. The van der Waals surface area contributed by atoms with Gasteiger partial charge in [0.2, 0.25) is 23.6 Å². The maximum Gasteiger partial charge on any atom is 0.305 e. The standard InChI is InChI=1S/C34H49N5O7S.ClH.H2O/c1-22-17-25(40)18-23(2)26(22)20-27(35)33(44)38-28(14-16-47-4)34(45)37-21-30(41)39(15-10-6-9-13-31(42)46-3)29(32(36)43)19-24-11-7-5-8-12-24;;/h5,7-8,11-12,17-18,27-29,40H,6,9-10,13-16,19-21,35H2,1-4H3,(H2,36,43)(H,37,45)(H,38,44);1H;1H2/t27-,28-,29+;;/m1../s1. The van der Waals surface area contributed by atoms with Gasteiger partial charge in [-0.15, -0.1) is 12.4 Å². The maximum atomic E-state index is 13.6. The van der Waals surface area contributed by atoms with E-state index in [4.69, 9.17) is 11.5 Å². The molecular formula is C34H52ClN5O8S. The van der Waals surface area contributed by atoms with E-state index >= 15 is 0 Å². The van der Waals surface area contributed by atoms with Crippen LogP contribution in [0, 0.1) is 13.8 Å². The second-order valence-corrected chi connectivity index (χ2v) is 12.5. The topological polar surface area (TPSA) is 226 Å². The van der Waals surface area contributed by atoms with Crippen molar-refractivity contribution in [3.63, 3.8) is 0 Å². The number of halogens is 1. The number of phenolic OH excluding ortho intramolecular Hbond substituents is 1. The van der Waals surface area contributed by atoms with Crippen LogP contribution in [-0.2, 0) is 41.6 Å². The lowest BCUT2D eigenvalue weighted by molar-refractivity contribution is -0.141. The number of unbranched alkanes of at least 4 members (excludes halogenated alkanes) is 2. The van der Waals surface area contributed by atoms with E-state index < -0.39 is 48.3 Å². The number of aromatic hydroxyl groups is 1. The van der Waals surface area contributed by atoms with Gasteiger partial charge in [-0.3, -0.25) is 24.0 Å². The summed E-state index contributed by atoms with van der Waals surface area (Å²) in [5, 5.41) is 15.2. The summed E-state index contributed by atoms with van der Waals surface area (Å²) < 4.78 is 4.68. The number of esters is 1. The van der Waals surface area contributed by atoms with E-state index in [-0.39, 0.29) is 55.4 Å². The number of hydrogen-bond acceptors (Lipinski definition) is 9. The fraction of sp³-hybridized carbons (Fsp3) is 0.500. The molecule has 0 aliphatic rings. The largest absolute Gasteiger partial charge is 0.508 e. The fourth-order valence-electron chi connectivity index (χ4n) is 5.26. The number of primary amides is 1. The van der Waals surface area contributed by atoms with Crippen LogP contribution in [0.5, 0.6) is 5.75 Å². The molecule has 0 fully saturated rings. The zero-order valence-corrected chi connectivity index (χ0v) is 30.3. The number of nitrogens with one attached hydrogen (secondary N) is 2. The number of rotatable bonds is 20. The fourth-order valence-corrected chi connectivity index (χ4v) is 5.73. The summed E-state index contributed by atoms with van der Waals surface area (Å²) >= 11 is 1.50. The predicted octanol–water partition coefficient (Wildman–Crippen LogP) is 1.49. The quantitative estimate of drug-likeness (QED) is 0.0983. The Balaban J connectivity index is 0.0000115. The first-order chi connectivity index (χ1) is 22.4. The van der Waals surface area contributed by atoms with Crippen molar-refractivity contribution in [2.24, 2.45) is 11.5 Å². The highest BCUT2D eigenvalue weighted by atomic mass is 35.5. The molecule has 2 aromatic carbocycles. The summed E-state index contributed by atoms with van der Waals surface area (Å²) in [5.41, 5.74) is 15.3. The van der Waals surface area contributed by atoms with Crippen molar-refractivity contribution in [3.8, 4) is 5.75 Å². The van der Waals surface area contributed by atoms with Crippen molar-refractivity contribution in [2.75, 3.05) is 32.2 Å². The normalized spacial score (nSPS) is 12.3.